The van der Waals surface area contributed by atoms with Crippen LogP contribution < -0.4 is 0 Å². The Bertz CT molecular complexity index is 741. The molecule has 0 N–H and O–H groups in total. The van der Waals surface area contributed by atoms with Crippen molar-refractivity contribution in [3.8, 4) is 6.07 Å². The lowest BCUT2D eigenvalue weighted by atomic mass is 9.60. The summed E-state index contributed by atoms with van der Waals surface area (Å²) in [6.07, 6.45) is 2.36. The van der Waals surface area contributed by atoms with Gasteiger partial charge in [0, 0.05) is 11.1 Å². The summed E-state index contributed by atoms with van der Waals surface area (Å²) in [4.78, 5) is 17.3. The van der Waals surface area contributed by atoms with Crippen LogP contribution in [0.25, 0.3) is 0 Å². The zero-order valence-electron chi connectivity index (χ0n) is 12.2. The Hall–Kier alpha value is -2.06. The zero-order chi connectivity index (χ0) is 15.7. The topological polar surface area (TPSA) is 53.8 Å². The van der Waals surface area contributed by atoms with E-state index in [1.807, 2.05) is 12.3 Å². The molecule has 3 nitrogen and oxygen atoms in total. The molecule has 1 saturated carbocycles. The monoisotopic (exact) mass is 314 g/mol. The Morgan fingerprint density at radius 2 is 2.09 bits per heavy atom. The molecule has 3 rings (SSSR count). The molecule has 1 aromatic carbocycles. The molecule has 1 aliphatic rings. The van der Waals surface area contributed by atoms with Crippen molar-refractivity contribution < 1.29 is 9.18 Å². The van der Waals surface area contributed by atoms with E-state index in [1.54, 1.807) is 12.1 Å². The number of thiazole rings is 1. The van der Waals surface area contributed by atoms with Crippen LogP contribution in [0.4, 0.5) is 4.39 Å². The van der Waals surface area contributed by atoms with Crippen molar-refractivity contribution in [2.75, 3.05) is 0 Å². The van der Waals surface area contributed by atoms with Crippen LogP contribution in [0.1, 0.15) is 41.4 Å². The Balaban J connectivity index is 1.97. The number of rotatable bonds is 4. The fourth-order valence-corrected chi connectivity index (χ4v) is 3.82. The molecule has 22 heavy (non-hydrogen) atoms. The van der Waals surface area contributed by atoms with Gasteiger partial charge in [-0.05, 0) is 37.5 Å². The highest BCUT2D eigenvalue weighted by Crippen LogP contribution is 2.47. The van der Waals surface area contributed by atoms with Gasteiger partial charge in [0.1, 0.15) is 10.8 Å². The highest BCUT2D eigenvalue weighted by Gasteiger charge is 2.49. The van der Waals surface area contributed by atoms with Gasteiger partial charge in [-0.15, -0.1) is 11.3 Å². The maximum atomic E-state index is 13.1. The molecule has 1 atom stereocenters. The van der Waals surface area contributed by atoms with E-state index in [1.165, 1.54) is 23.5 Å². The van der Waals surface area contributed by atoms with Gasteiger partial charge in [-0.25, -0.2) is 9.37 Å². The summed E-state index contributed by atoms with van der Waals surface area (Å²) in [5, 5.41) is 11.9. The van der Waals surface area contributed by atoms with Crippen LogP contribution in [0.2, 0.25) is 0 Å². The lowest BCUT2D eigenvalue weighted by Gasteiger charge is -2.41. The van der Waals surface area contributed by atoms with Crippen molar-refractivity contribution in [3.63, 3.8) is 0 Å². The smallest absolute Gasteiger partial charge is 0.167 e. The normalized spacial score (nSPS) is 17.3. The molecule has 1 unspecified atom stereocenters. The molecular formula is C17H15FN2OS. The standard InChI is InChI=1S/C17H15FN2OS/c1-11-10-22-16(20-11)14(9-19)15(21)17(7-2-8-17)12-3-5-13(18)6-4-12/h3-6,10,14H,2,7-8H2,1H3. The maximum absolute atomic E-state index is 13.1. The summed E-state index contributed by atoms with van der Waals surface area (Å²) in [5.41, 5.74) is 0.962. The largest absolute Gasteiger partial charge is 0.297 e. The van der Waals surface area contributed by atoms with E-state index in [9.17, 15) is 14.4 Å². The number of aromatic nitrogens is 1. The molecule has 0 amide bonds. The number of carbonyl (C=O) groups excluding carboxylic acids is 1. The van der Waals surface area contributed by atoms with E-state index in [2.05, 4.69) is 11.1 Å². The molecule has 2 aromatic rings. The van der Waals surface area contributed by atoms with Crippen molar-refractivity contribution >= 4 is 17.1 Å². The fraction of sp³-hybridized carbons (Fsp3) is 0.353. The van der Waals surface area contributed by atoms with Crippen LogP contribution in [0.15, 0.2) is 29.6 Å². The predicted octanol–water partition coefficient (Wildman–Crippen LogP) is 3.89. The number of carbonyl (C=O) groups is 1. The van der Waals surface area contributed by atoms with E-state index in [-0.39, 0.29) is 11.6 Å². The molecule has 1 fully saturated rings. The lowest BCUT2D eigenvalue weighted by Crippen LogP contribution is -2.44. The van der Waals surface area contributed by atoms with Gasteiger partial charge in [0.2, 0.25) is 0 Å². The molecule has 0 saturated heterocycles. The lowest BCUT2D eigenvalue weighted by molar-refractivity contribution is -0.128. The first-order valence-corrected chi connectivity index (χ1v) is 8.07. The summed E-state index contributed by atoms with van der Waals surface area (Å²) < 4.78 is 13.1. The fourth-order valence-electron chi connectivity index (χ4n) is 2.98. The van der Waals surface area contributed by atoms with Gasteiger partial charge < -0.3 is 0 Å². The maximum Gasteiger partial charge on any atom is 0.167 e. The number of Topliss-reactive ketones (excluding diaryl/α,β-unsaturated/α-hetero) is 1. The summed E-state index contributed by atoms with van der Waals surface area (Å²) in [6, 6.07) is 8.18. The molecular weight excluding hydrogens is 299 g/mol. The average Bonchev–Trinajstić information content (AvgIpc) is 2.87. The summed E-state index contributed by atoms with van der Waals surface area (Å²) in [5.74, 6) is -1.27. The van der Waals surface area contributed by atoms with Gasteiger partial charge in [0.05, 0.1) is 11.5 Å². The third-order valence-corrected chi connectivity index (χ3v) is 5.38. The average molecular weight is 314 g/mol. The van der Waals surface area contributed by atoms with Crippen LogP contribution in [-0.2, 0) is 10.2 Å². The zero-order valence-corrected chi connectivity index (χ0v) is 13.0. The molecule has 1 aromatic heterocycles. The van der Waals surface area contributed by atoms with Crippen LogP contribution in [0, 0.1) is 24.1 Å². The quantitative estimate of drug-likeness (QED) is 0.860. The van der Waals surface area contributed by atoms with Crippen LogP contribution in [-0.4, -0.2) is 10.8 Å². The van der Waals surface area contributed by atoms with Crippen LogP contribution in [0.3, 0.4) is 0 Å². The SMILES string of the molecule is Cc1csc(C(C#N)C(=O)C2(c3ccc(F)cc3)CCC2)n1. The Labute approximate surface area is 132 Å². The van der Waals surface area contributed by atoms with Crippen molar-refractivity contribution in [3.05, 3.63) is 51.7 Å². The number of hydrogen-bond donors (Lipinski definition) is 0. The van der Waals surface area contributed by atoms with Gasteiger partial charge in [-0.2, -0.15) is 5.26 Å². The number of hydrogen-bond acceptors (Lipinski definition) is 4. The first kappa shape index (κ1) is 14.9. The predicted molar refractivity (Wildman–Crippen MR) is 82.1 cm³/mol. The van der Waals surface area contributed by atoms with Gasteiger partial charge in [0.15, 0.2) is 11.7 Å². The van der Waals surface area contributed by atoms with Gasteiger partial charge in [-0.1, -0.05) is 18.6 Å². The third-order valence-electron chi connectivity index (χ3n) is 4.35. The van der Waals surface area contributed by atoms with Crippen LogP contribution >= 0.6 is 11.3 Å². The summed E-state index contributed by atoms with van der Waals surface area (Å²) >= 11 is 1.34. The molecule has 112 valence electrons. The van der Waals surface area contributed by atoms with E-state index in [0.717, 1.165) is 17.7 Å². The van der Waals surface area contributed by atoms with Gasteiger partial charge in [-0.3, -0.25) is 4.79 Å². The van der Waals surface area contributed by atoms with Crippen molar-refractivity contribution in [1.29, 1.82) is 5.26 Å². The van der Waals surface area contributed by atoms with E-state index in [4.69, 9.17) is 0 Å². The molecule has 1 aliphatic carbocycles. The van der Waals surface area contributed by atoms with Gasteiger partial charge in [0.25, 0.3) is 0 Å². The van der Waals surface area contributed by atoms with E-state index < -0.39 is 11.3 Å². The summed E-state index contributed by atoms with van der Waals surface area (Å²) in [6.45, 7) is 1.85. The van der Waals surface area contributed by atoms with E-state index >= 15 is 0 Å². The summed E-state index contributed by atoms with van der Waals surface area (Å²) in [7, 11) is 0. The Morgan fingerprint density at radius 1 is 1.41 bits per heavy atom. The molecule has 0 bridgehead atoms. The second kappa shape index (κ2) is 5.62. The molecule has 5 heteroatoms. The highest BCUT2D eigenvalue weighted by molar-refractivity contribution is 7.09. The Kier molecular flexibility index (Phi) is 3.79. The molecule has 0 aliphatic heterocycles. The number of halogens is 1. The van der Waals surface area contributed by atoms with Crippen molar-refractivity contribution in [1.82, 2.24) is 4.98 Å². The second-order valence-electron chi connectivity index (χ2n) is 5.70. The van der Waals surface area contributed by atoms with Crippen molar-refractivity contribution in [2.45, 2.75) is 37.5 Å². The minimum Gasteiger partial charge on any atom is -0.297 e. The number of benzene rings is 1. The minimum absolute atomic E-state index is 0.109. The first-order valence-electron chi connectivity index (χ1n) is 7.19. The first-order chi connectivity index (χ1) is 10.6. The highest BCUT2D eigenvalue weighted by atomic mass is 32.1. The molecule has 0 spiro atoms. The minimum atomic E-state index is -0.843. The number of aryl methyl sites for hydroxylation is 1. The van der Waals surface area contributed by atoms with E-state index in [0.29, 0.717) is 17.8 Å². The number of nitriles is 1. The number of nitrogens with zero attached hydrogens (tertiary/aromatic N) is 2. The van der Waals surface area contributed by atoms with Gasteiger partial charge >= 0.3 is 0 Å². The number of ketones is 1. The third kappa shape index (κ3) is 2.34. The van der Waals surface area contributed by atoms with Crippen LogP contribution in [0.5, 0.6) is 0 Å². The Morgan fingerprint density at radius 3 is 2.55 bits per heavy atom. The second-order valence-corrected chi connectivity index (χ2v) is 6.59. The molecule has 0 radical (unpaired) electrons. The molecule has 1 heterocycles. The van der Waals surface area contributed by atoms with Crippen molar-refractivity contribution in [2.24, 2.45) is 0 Å².